The summed E-state index contributed by atoms with van der Waals surface area (Å²) < 4.78 is 3.76. The Morgan fingerprint density at radius 2 is 2.00 bits per heavy atom. The number of nitrogens with zero attached hydrogens (tertiary/aromatic N) is 5. The molecule has 0 saturated carbocycles. The molecule has 7 nitrogen and oxygen atoms in total. The Labute approximate surface area is 143 Å². The highest BCUT2D eigenvalue weighted by atomic mass is 16.1. The first kappa shape index (κ1) is 18.2. The van der Waals surface area contributed by atoms with E-state index in [9.17, 15) is 4.79 Å². The molecule has 0 aliphatic rings. The summed E-state index contributed by atoms with van der Waals surface area (Å²) in [7, 11) is 4.02. The molecule has 0 fully saturated rings. The SMILES string of the molecule is CCC(CC)n1ncc(C(=O)Nc2ccnn2CCN(C)C)c1C. The summed E-state index contributed by atoms with van der Waals surface area (Å²) in [6.07, 6.45) is 5.35. The summed E-state index contributed by atoms with van der Waals surface area (Å²) in [4.78, 5) is 14.7. The average Bonchev–Trinajstić information content (AvgIpc) is 3.14. The highest BCUT2D eigenvalue weighted by molar-refractivity contribution is 6.04. The lowest BCUT2D eigenvalue weighted by Gasteiger charge is -2.15. The van der Waals surface area contributed by atoms with E-state index < -0.39 is 0 Å². The van der Waals surface area contributed by atoms with Crippen LogP contribution in [0.1, 0.15) is 48.8 Å². The van der Waals surface area contributed by atoms with Crippen molar-refractivity contribution >= 4 is 11.7 Å². The van der Waals surface area contributed by atoms with Crippen LogP contribution in [0.5, 0.6) is 0 Å². The molecule has 1 N–H and O–H groups in total. The van der Waals surface area contributed by atoms with Crippen molar-refractivity contribution in [3.05, 3.63) is 29.7 Å². The van der Waals surface area contributed by atoms with Gasteiger partial charge in [-0.05, 0) is 33.9 Å². The third kappa shape index (κ3) is 4.03. The normalized spacial score (nSPS) is 11.5. The van der Waals surface area contributed by atoms with Gasteiger partial charge in [-0.2, -0.15) is 10.2 Å². The van der Waals surface area contributed by atoms with Crippen molar-refractivity contribution in [3.8, 4) is 0 Å². The minimum absolute atomic E-state index is 0.142. The minimum Gasteiger partial charge on any atom is -0.308 e. The molecule has 0 aliphatic heterocycles. The maximum absolute atomic E-state index is 12.6. The van der Waals surface area contributed by atoms with Gasteiger partial charge in [0.2, 0.25) is 0 Å². The van der Waals surface area contributed by atoms with E-state index in [0.717, 1.165) is 31.6 Å². The molecule has 24 heavy (non-hydrogen) atoms. The first-order valence-electron chi connectivity index (χ1n) is 8.49. The van der Waals surface area contributed by atoms with E-state index in [0.29, 0.717) is 17.4 Å². The second-order valence-electron chi connectivity index (χ2n) is 6.26. The number of anilines is 1. The van der Waals surface area contributed by atoms with Gasteiger partial charge in [0, 0.05) is 18.3 Å². The molecule has 1 amide bonds. The molecular weight excluding hydrogens is 304 g/mol. The molecule has 2 heterocycles. The van der Waals surface area contributed by atoms with Crippen molar-refractivity contribution in [2.75, 3.05) is 26.0 Å². The molecule has 2 aromatic heterocycles. The molecule has 0 unspecified atom stereocenters. The zero-order valence-electron chi connectivity index (χ0n) is 15.3. The number of carbonyl (C=O) groups excluding carboxylic acids is 1. The highest BCUT2D eigenvalue weighted by Gasteiger charge is 2.19. The largest absolute Gasteiger partial charge is 0.308 e. The van der Waals surface area contributed by atoms with Gasteiger partial charge >= 0.3 is 0 Å². The molecular formula is C17H28N6O. The molecule has 0 spiro atoms. The van der Waals surface area contributed by atoms with E-state index in [1.165, 1.54) is 0 Å². The molecule has 0 bridgehead atoms. The van der Waals surface area contributed by atoms with E-state index in [1.807, 2.05) is 31.8 Å². The van der Waals surface area contributed by atoms with Crippen LogP contribution in [0.2, 0.25) is 0 Å². The Kier molecular flexibility index (Phi) is 6.14. The zero-order valence-corrected chi connectivity index (χ0v) is 15.3. The predicted octanol–water partition coefficient (Wildman–Crippen LogP) is 2.56. The average molecular weight is 332 g/mol. The zero-order chi connectivity index (χ0) is 17.7. The molecule has 0 aromatic carbocycles. The van der Waals surface area contributed by atoms with Crippen LogP contribution in [0.4, 0.5) is 5.82 Å². The van der Waals surface area contributed by atoms with Gasteiger partial charge in [-0.1, -0.05) is 13.8 Å². The van der Waals surface area contributed by atoms with Gasteiger partial charge in [-0.25, -0.2) is 4.68 Å². The second-order valence-corrected chi connectivity index (χ2v) is 6.26. The van der Waals surface area contributed by atoms with Crippen LogP contribution >= 0.6 is 0 Å². The lowest BCUT2D eigenvalue weighted by molar-refractivity contribution is 0.102. The van der Waals surface area contributed by atoms with Crippen LogP contribution in [0.15, 0.2) is 18.5 Å². The van der Waals surface area contributed by atoms with Crippen LogP contribution in [0.25, 0.3) is 0 Å². The van der Waals surface area contributed by atoms with Crippen LogP contribution in [0.3, 0.4) is 0 Å². The Morgan fingerprint density at radius 3 is 2.62 bits per heavy atom. The maximum atomic E-state index is 12.6. The van der Waals surface area contributed by atoms with Gasteiger partial charge in [0.05, 0.1) is 30.5 Å². The minimum atomic E-state index is -0.142. The third-order valence-corrected chi connectivity index (χ3v) is 4.29. The number of rotatable bonds is 8. The van der Waals surface area contributed by atoms with Crippen LogP contribution in [-0.4, -0.2) is 51.0 Å². The van der Waals surface area contributed by atoms with Crippen molar-refractivity contribution in [1.82, 2.24) is 24.5 Å². The predicted molar refractivity (Wildman–Crippen MR) is 95.3 cm³/mol. The third-order valence-electron chi connectivity index (χ3n) is 4.29. The van der Waals surface area contributed by atoms with Gasteiger partial charge in [0.25, 0.3) is 5.91 Å². The number of aromatic nitrogens is 4. The molecule has 2 aromatic rings. The van der Waals surface area contributed by atoms with Gasteiger partial charge in [-0.3, -0.25) is 9.48 Å². The number of hydrogen-bond acceptors (Lipinski definition) is 4. The fraction of sp³-hybridized carbons (Fsp3) is 0.588. The Balaban J connectivity index is 2.12. The van der Waals surface area contributed by atoms with Crippen molar-refractivity contribution in [2.45, 2.75) is 46.2 Å². The van der Waals surface area contributed by atoms with Crippen LogP contribution in [0, 0.1) is 6.92 Å². The second kappa shape index (κ2) is 8.10. The number of amides is 1. The first-order chi connectivity index (χ1) is 11.5. The smallest absolute Gasteiger partial charge is 0.260 e. The van der Waals surface area contributed by atoms with Crippen LogP contribution in [-0.2, 0) is 6.54 Å². The molecule has 2 rings (SSSR count). The number of hydrogen-bond donors (Lipinski definition) is 1. The molecule has 0 atom stereocenters. The fourth-order valence-electron chi connectivity index (χ4n) is 2.74. The Bertz CT molecular complexity index is 668. The molecule has 7 heteroatoms. The molecule has 0 radical (unpaired) electrons. The quantitative estimate of drug-likeness (QED) is 0.807. The number of carbonyl (C=O) groups is 1. The van der Waals surface area contributed by atoms with Crippen LogP contribution < -0.4 is 5.32 Å². The van der Waals surface area contributed by atoms with E-state index in [4.69, 9.17) is 0 Å². The van der Waals surface area contributed by atoms with Crippen molar-refractivity contribution in [1.29, 1.82) is 0 Å². The Morgan fingerprint density at radius 1 is 1.29 bits per heavy atom. The van der Waals surface area contributed by atoms with Gasteiger partial charge in [0.1, 0.15) is 5.82 Å². The molecule has 0 saturated heterocycles. The summed E-state index contributed by atoms with van der Waals surface area (Å²) in [5.74, 6) is 0.563. The van der Waals surface area contributed by atoms with Crippen molar-refractivity contribution in [3.63, 3.8) is 0 Å². The van der Waals surface area contributed by atoms with E-state index in [1.54, 1.807) is 17.1 Å². The number of nitrogens with one attached hydrogen (secondary N) is 1. The first-order valence-corrected chi connectivity index (χ1v) is 8.49. The highest BCUT2D eigenvalue weighted by Crippen LogP contribution is 2.20. The maximum Gasteiger partial charge on any atom is 0.260 e. The standard InChI is InChI=1S/C17H28N6O/c1-6-14(7-2)23-13(3)15(12-19-23)17(24)20-16-8-9-18-22(16)11-10-21(4)5/h8-9,12,14H,6-7,10-11H2,1-5H3,(H,20,24). The summed E-state index contributed by atoms with van der Waals surface area (Å²) in [6, 6.07) is 2.14. The molecule has 0 aliphatic carbocycles. The lowest BCUT2D eigenvalue weighted by Crippen LogP contribution is -2.22. The number of likely N-dealkylation sites (N-methyl/N-ethyl adjacent to an activating group) is 1. The van der Waals surface area contributed by atoms with Gasteiger partial charge < -0.3 is 10.2 Å². The van der Waals surface area contributed by atoms with Crippen molar-refractivity contribution in [2.24, 2.45) is 0 Å². The summed E-state index contributed by atoms with van der Waals surface area (Å²) in [5, 5.41) is 11.6. The summed E-state index contributed by atoms with van der Waals surface area (Å²) in [5.41, 5.74) is 1.52. The lowest BCUT2D eigenvalue weighted by atomic mass is 10.1. The Hall–Kier alpha value is -2.15. The molecule has 132 valence electrons. The van der Waals surface area contributed by atoms with E-state index in [2.05, 4.69) is 34.3 Å². The topological polar surface area (TPSA) is 68.0 Å². The van der Waals surface area contributed by atoms with Gasteiger partial charge in [-0.15, -0.1) is 0 Å². The summed E-state index contributed by atoms with van der Waals surface area (Å²) >= 11 is 0. The van der Waals surface area contributed by atoms with E-state index in [-0.39, 0.29) is 5.91 Å². The van der Waals surface area contributed by atoms with Crippen molar-refractivity contribution < 1.29 is 4.79 Å². The monoisotopic (exact) mass is 332 g/mol. The van der Waals surface area contributed by atoms with Gasteiger partial charge in [0.15, 0.2) is 0 Å². The summed E-state index contributed by atoms with van der Waals surface area (Å²) in [6.45, 7) is 7.80. The van der Waals surface area contributed by atoms with E-state index >= 15 is 0 Å². The fourth-order valence-corrected chi connectivity index (χ4v) is 2.74.